The second-order valence-electron chi connectivity index (χ2n) is 2.37. The molecule has 0 rings (SSSR count). The maximum Gasteiger partial charge on any atom is 0.280 e. The molecule has 0 bridgehead atoms. The van der Waals surface area contributed by atoms with Crippen molar-refractivity contribution in [2.24, 2.45) is 0 Å². The molecule has 6 heteroatoms. The van der Waals surface area contributed by atoms with Crippen molar-refractivity contribution in [2.75, 3.05) is 5.75 Å². The van der Waals surface area contributed by atoms with E-state index in [9.17, 15) is 13.2 Å². The number of halogens is 1. The van der Waals surface area contributed by atoms with Crippen LogP contribution in [0, 0.1) is 0 Å². The summed E-state index contributed by atoms with van der Waals surface area (Å²) in [6.45, 7) is 1.91. The zero-order valence-electron chi connectivity index (χ0n) is 6.75. The predicted octanol–water partition coefficient (Wildman–Crippen LogP) is 0.911. The quantitative estimate of drug-likeness (QED) is 0.343. The van der Waals surface area contributed by atoms with Crippen LogP contribution in [0.4, 0.5) is 4.79 Å². The molecule has 0 aromatic carbocycles. The molecule has 0 saturated heterocycles. The zero-order valence-corrected chi connectivity index (χ0v) is 9.80. The van der Waals surface area contributed by atoms with Crippen LogP contribution in [-0.2, 0) is 10.7 Å². The number of hydrogen-bond donors (Lipinski definition) is 2. The third-order valence-corrected chi connectivity index (χ3v) is 2.41. The first-order valence-electron chi connectivity index (χ1n) is 3.64. The van der Waals surface area contributed by atoms with Crippen LogP contribution in [0.1, 0.15) is 19.8 Å². The van der Waals surface area contributed by atoms with Crippen LogP contribution in [0.2, 0.25) is 0 Å². The lowest BCUT2D eigenvalue weighted by Gasteiger charge is -2.12. The molecule has 0 aromatic heterocycles. The van der Waals surface area contributed by atoms with E-state index in [1.165, 1.54) is 0 Å². The molecule has 1 N–H and O–H groups in total. The second kappa shape index (κ2) is 6.64. The van der Waals surface area contributed by atoms with Crippen molar-refractivity contribution in [3.8, 4) is 0 Å². The first kappa shape index (κ1) is 12.2. The van der Waals surface area contributed by atoms with Crippen molar-refractivity contribution in [3.63, 3.8) is 0 Å². The molecule has 0 aliphatic carbocycles. The maximum absolute atomic E-state index is 10.6. The summed E-state index contributed by atoms with van der Waals surface area (Å²) in [4.78, 5) is 10.6. The second-order valence-corrected chi connectivity index (χ2v) is 4.46. The molecule has 0 spiro atoms. The van der Waals surface area contributed by atoms with Gasteiger partial charge in [0.25, 0.3) is 3.91 Å². The fourth-order valence-electron chi connectivity index (χ4n) is 0.800. The summed E-state index contributed by atoms with van der Waals surface area (Å²) >= 11 is 1.64. The molecule has 1 unspecified atom stereocenters. The summed E-state index contributed by atoms with van der Waals surface area (Å²) in [5.41, 5.74) is 0. The zero-order chi connectivity index (χ0) is 9.56. The van der Waals surface area contributed by atoms with Gasteiger partial charge in [-0.1, -0.05) is 6.92 Å². The SMILES string of the molecule is CCC(CC[SH](=O)=O)NC(=O)I. The maximum atomic E-state index is 10.6. The van der Waals surface area contributed by atoms with Crippen LogP contribution in [0.5, 0.6) is 0 Å². The Kier molecular flexibility index (Phi) is 6.73. The normalized spacial score (nSPS) is 12.9. The minimum Gasteiger partial charge on any atom is -0.345 e. The van der Waals surface area contributed by atoms with Crippen molar-refractivity contribution in [1.29, 1.82) is 0 Å². The Morgan fingerprint density at radius 3 is 2.50 bits per heavy atom. The molecule has 0 aliphatic rings. The van der Waals surface area contributed by atoms with E-state index >= 15 is 0 Å². The molecule has 0 aromatic rings. The lowest BCUT2D eigenvalue weighted by molar-refractivity contribution is 0.259. The highest BCUT2D eigenvalue weighted by Crippen LogP contribution is 1.99. The Hall–Kier alpha value is 0.150. The average Bonchev–Trinajstić information content (AvgIpc) is 1.97. The van der Waals surface area contributed by atoms with Crippen LogP contribution < -0.4 is 5.32 Å². The van der Waals surface area contributed by atoms with E-state index in [0.717, 1.165) is 6.42 Å². The van der Waals surface area contributed by atoms with Crippen molar-refractivity contribution in [1.82, 2.24) is 5.32 Å². The van der Waals surface area contributed by atoms with E-state index in [2.05, 4.69) is 5.32 Å². The van der Waals surface area contributed by atoms with Gasteiger partial charge >= 0.3 is 0 Å². The van der Waals surface area contributed by atoms with Gasteiger partial charge in [-0.15, -0.1) is 0 Å². The Morgan fingerprint density at radius 1 is 1.58 bits per heavy atom. The van der Waals surface area contributed by atoms with E-state index in [-0.39, 0.29) is 15.7 Å². The summed E-state index contributed by atoms with van der Waals surface area (Å²) in [7, 11) is -2.32. The first-order valence-corrected chi connectivity index (χ1v) is 6.08. The highest BCUT2D eigenvalue weighted by atomic mass is 127. The topological polar surface area (TPSA) is 63.2 Å². The predicted molar refractivity (Wildman–Crippen MR) is 56.4 cm³/mol. The molecule has 72 valence electrons. The number of carbonyl (C=O) groups excluding carboxylic acids is 1. The van der Waals surface area contributed by atoms with Crippen LogP contribution in [0.3, 0.4) is 0 Å². The third kappa shape index (κ3) is 6.84. The first-order chi connectivity index (χ1) is 5.56. The van der Waals surface area contributed by atoms with Crippen LogP contribution in [0.15, 0.2) is 0 Å². The monoisotopic (exact) mass is 305 g/mol. The molecule has 1 amide bonds. The van der Waals surface area contributed by atoms with Gasteiger partial charge in [0.2, 0.25) is 0 Å². The van der Waals surface area contributed by atoms with Crippen LogP contribution in [-0.4, -0.2) is 24.1 Å². The smallest absolute Gasteiger partial charge is 0.280 e. The van der Waals surface area contributed by atoms with Gasteiger partial charge in [-0.2, -0.15) is 0 Å². The number of carbonyl (C=O) groups is 1. The fourth-order valence-corrected chi connectivity index (χ4v) is 1.76. The van der Waals surface area contributed by atoms with Gasteiger partial charge in [0.1, 0.15) is 10.7 Å². The number of thiol groups is 1. The Morgan fingerprint density at radius 2 is 2.17 bits per heavy atom. The van der Waals surface area contributed by atoms with Crippen molar-refractivity contribution >= 4 is 37.2 Å². The van der Waals surface area contributed by atoms with Crippen LogP contribution >= 0.6 is 22.6 Å². The standard InChI is InChI=1S/C6H12INO3S/c1-2-5(8-6(7)9)3-4-12(10)11/h5,12H,2-4H2,1H3,(H,8,9). The molecule has 4 nitrogen and oxygen atoms in total. The summed E-state index contributed by atoms with van der Waals surface area (Å²) in [5.74, 6) is 0.144. The van der Waals surface area contributed by atoms with Crippen molar-refractivity contribution in [2.45, 2.75) is 25.8 Å². The van der Waals surface area contributed by atoms with E-state index in [1.807, 2.05) is 6.92 Å². The van der Waals surface area contributed by atoms with Gasteiger partial charge in [-0.3, -0.25) is 4.79 Å². The van der Waals surface area contributed by atoms with Crippen molar-refractivity contribution in [3.05, 3.63) is 0 Å². The lowest BCUT2D eigenvalue weighted by atomic mass is 10.2. The summed E-state index contributed by atoms with van der Waals surface area (Å²) < 4.78 is 20.3. The summed E-state index contributed by atoms with van der Waals surface area (Å²) in [5, 5.41) is 2.67. The molecule has 1 atom stereocenters. The molecule has 12 heavy (non-hydrogen) atoms. The van der Waals surface area contributed by atoms with Crippen molar-refractivity contribution < 1.29 is 13.2 Å². The highest BCUT2D eigenvalue weighted by molar-refractivity contribution is 14.1. The Bertz CT molecular complexity index is 209. The number of amides is 1. The van der Waals surface area contributed by atoms with E-state index < -0.39 is 10.7 Å². The van der Waals surface area contributed by atoms with Gasteiger partial charge in [-0.05, 0) is 12.8 Å². The minimum absolute atomic E-state index is 0.0118. The lowest BCUT2D eigenvalue weighted by Crippen LogP contribution is -2.31. The highest BCUT2D eigenvalue weighted by Gasteiger charge is 2.07. The summed E-state index contributed by atoms with van der Waals surface area (Å²) in [6.07, 6.45) is 1.27. The molecule has 0 aliphatic heterocycles. The fraction of sp³-hybridized carbons (Fsp3) is 0.833. The number of hydrogen-bond acceptors (Lipinski definition) is 3. The van der Waals surface area contributed by atoms with E-state index in [0.29, 0.717) is 6.42 Å². The molecular weight excluding hydrogens is 293 g/mol. The van der Waals surface area contributed by atoms with E-state index in [4.69, 9.17) is 0 Å². The summed E-state index contributed by atoms with van der Waals surface area (Å²) in [6, 6.07) is -0.0118. The van der Waals surface area contributed by atoms with Gasteiger partial charge < -0.3 is 5.32 Å². The van der Waals surface area contributed by atoms with Gasteiger partial charge in [0, 0.05) is 34.4 Å². The van der Waals surface area contributed by atoms with Gasteiger partial charge in [-0.25, -0.2) is 8.42 Å². The molecule has 0 heterocycles. The molecular formula is C6H12INO3S. The van der Waals surface area contributed by atoms with Crippen LogP contribution in [0.25, 0.3) is 0 Å². The molecule has 0 radical (unpaired) electrons. The number of rotatable bonds is 5. The number of nitrogens with one attached hydrogen (secondary N) is 1. The van der Waals surface area contributed by atoms with Gasteiger partial charge in [0.05, 0.1) is 0 Å². The average molecular weight is 305 g/mol. The minimum atomic E-state index is -2.32. The largest absolute Gasteiger partial charge is 0.345 e. The Labute approximate surface area is 87.2 Å². The Balaban J connectivity index is 3.75. The molecule has 0 fully saturated rings. The van der Waals surface area contributed by atoms with Gasteiger partial charge in [0.15, 0.2) is 0 Å². The third-order valence-electron chi connectivity index (χ3n) is 1.47. The molecule has 0 saturated carbocycles. The van der Waals surface area contributed by atoms with E-state index in [1.54, 1.807) is 22.6 Å².